The first-order chi connectivity index (χ1) is 7.66. The summed E-state index contributed by atoms with van der Waals surface area (Å²) in [5, 5.41) is 0. The van der Waals surface area contributed by atoms with Gasteiger partial charge in [-0.05, 0) is 24.3 Å². The minimum absolute atomic E-state index is 0.290. The van der Waals surface area contributed by atoms with Gasteiger partial charge in [-0.15, -0.1) is 11.8 Å². The number of halogens is 1. The van der Waals surface area contributed by atoms with Gasteiger partial charge in [-0.2, -0.15) is 0 Å². The Morgan fingerprint density at radius 1 is 1.44 bits per heavy atom. The summed E-state index contributed by atoms with van der Waals surface area (Å²) >= 11 is 1.35. The Morgan fingerprint density at radius 2 is 2.06 bits per heavy atom. The second-order valence-electron chi connectivity index (χ2n) is 3.53. The van der Waals surface area contributed by atoms with Crippen LogP contribution in [-0.2, 0) is 14.3 Å². The van der Waals surface area contributed by atoms with Crippen molar-refractivity contribution in [3.05, 3.63) is 30.1 Å². The molecule has 1 fully saturated rings. The van der Waals surface area contributed by atoms with Crippen LogP contribution in [0, 0.1) is 5.82 Å². The van der Waals surface area contributed by atoms with E-state index in [-0.39, 0.29) is 11.8 Å². The molecule has 86 valence electrons. The molecule has 0 spiro atoms. The zero-order valence-electron chi connectivity index (χ0n) is 8.73. The van der Waals surface area contributed by atoms with Crippen molar-refractivity contribution in [2.45, 2.75) is 9.64 Å². The van der Waals surface area contributed by atoms with Gasteiger partial charge in [0.15, 0.2) is 4.75 Å². The van der Waals surface area contributed by atoms with Crippen molar-refractivity contribution in [1.29, 1.82) is 0 Å². The van der Waals surface area contributed by atoms with E-state index in [2.05, 4.69) is 0 Å². The predicted molar refractivity (Wildman–Crippen MR) is 57.8 cm³/mol. The number of esters is 1. The van der Waals surface area contributed by atoms with Gasteiger partial charge < -0.3 is 9.47 Å². The summed E-state index contributed by atoms with van der Waals surface area (Å²) in [6, 6.07) is 6.02. The van der Waals surface area contributed by atoms with Crippen LogP contribution < -0.4 is 0 Å². The van der Waals surface area contributed by atoms with Crippen molar-refractivity contribution < 1.29 is 18.7 Å². The van der Waals surface area contributed by atoms with Crippen molar-refractivity contribution in [1.82, 2.24) is 0 Å². The Bertz CT molecular complexity index is 387. The van der Waals surface area contributed by atoms with Gasteiger partial charge in [-0.25, -0.2) is 4.39 Å². The lowest BCUT2D eigenvalue weighted by atomic mass is 10.1. The zero-order chi connectivity index (χ0) is 11.6. The summed E-state index contributed by atoms with van der Waals surface area (Å²) in [4.78, 5) is 12.4. The second-order valence-corrected chi connectivity index (χ2v) is 4.99. The van der Waals surface area contributed by atoms with Gasteiger partial charge in [0.2, 0.25) is 0 Å². The molecule has 0 aliphatic carbocycles. The Balaban J connectivity index is 2.13. The van der Waals surface area contributed by atoms with Crippen LogP contribution in [0.1, 0.15) is 0 Å². The van der Waals surface area contributed by atoms with Gasteiger partial charge in [0.05, 0.1) is 20.3 Å². The van der Waals surface area contributed by atoms with Crippen LogP contribution in [0.3, 0.4) is 0 Å². The molecule has 0 radical (unpaired) electrons. The molecule has 1 heterocycles. The molecule has 0 N–H and O–H groups in total. The Hall–Kier alpha value is -1.07. The molecule has 3 nitrogen and oxygen atoms in total. The zero-order valence-corrected chi connectivity index (χ0v) is 9.55. The Labute approximate surface area is 96.9 Å². The van der Waals surface area contributed by atoms with Crippen molar-refractivity contribution in [2.24, 2.45) is 0 Å². The SMILES string of the molecule is COC(=O)C1(Sc2ccc(F)cc2)COC1. The molecule has 0 amide bonds. The second kappa shape index (κ2) is 4.43. The summed E-state index contributed by atoms with van der Waals surface area (Å²) < 4.78 is 21.9. The maximum atomic E-state index is 12.7. The molecular formula is C11H11FO3S. The first-order valence-electron chi connectivity index (χ1n) is 4.77. The molecule has 2 rings (SSSR count). The number of hydrogen-bond acceptors (Lipinski definition) is 4. The quantitative estimate of drug-likeness (QED) is 0.758. The molecule has 0 unspecified atom stereocenters. The lowest BCUT2D eigenvalue weighted by Crippen LogP contribution is -2.53. The largest absolute Gasteiger partial charge is 0.468 e. The highest BCUT2D eigenvalue weighted by molar-refractivity contribution is 8.01. The topological polar surface area (TPSA) is 35.5 Å². The maximum absolute atomic E-state index is 12.7. The van der Waals surface area contributed by atoms with Crippen molar-refractivity contribution in [3.63, 3.8) is 0 Å². The van der Waals surface area contributed by atoms with Crippen molar-refractivity contribution in [3.8, 4) is 0 Å². The molecule has 1 aromatic carbocycles. The van der Waals surface area contributed by atoms with E-state index in [0.29, 0.717) is 13.2 Å². The number of methoxy groups -OCH3 is 1. The third-order valence-corrected chi connectivity index (χ3v) is 3.66. The average Bonchev–Trinajstić information content (AvgIpc) is 2.25. The van der Waals surface area contributed by atoms with Crippen LogP contribution >= 0.6 is 11.8 Å². The smallest absolute Gasteiger partial charge is 0.327 e. The highest BCUT2D eigenvalue weighted by Crippen LogP contribution is 2.39. The lowest BCUT2D eigenvalue weighted by molar-refractivity contribution is -0.155. The number of carbonyl (C=O) groups is 1. The van der Waals surface area contributed by atoms with Crippen LogP contribution in [-0.4, -0.2) is 31.0 Å². The molecule has 0 atom stereocenters. The number of thioether (sulfide) groups is 1. The van der Waals surface area contributed by atoms with Gasteiger partial charge in [-0.3, -0.25) is 4.79 Å². The number of rotatable bonds is 3. The van der Waals surface area contributed by atoms with Gasteiger partial charge in [0.25, 0.3) is 0 Å². The van der Waals surface area contributed by atoms with Gasteiger partial charge in [-0.1, -0.05) is 0 Å². The number of benzene rings is 1. The normalized spacial score (nSPS) is 17.6. The van der Waals surface area contributed by atoms with E-state index >= 15 is 0 Å². The minimum Gasteiger partial charge on any atom is -0.468 e. The number of carbonyl (C=O) groups excluding carboxylic acids is 1. The average molecular weight is 242 g/mol. The van der Waals surface area contributed by atoms with E-state index in [1.165, 1.54) is 31.0 Å². The molecule has 5 heteroatoms. The summed E-state index contributed by atoms with van der Waals surface area (Å²) in [5.74, 6) is -0.589. The van der Waals surface area contributed by atoms with Crippen LogP contribution in [0.15, 0.2) is 29.2 Å². The van der Waals surface area contributed by atoms with Crippen LogP contribution in [0.25, 0.3) is 0 Å². The first kappa shape index (κ1) is 11.4. The lowest BCUT2D eigenvalue weighted by Gasteiger charge is -2.37. The monoisotopic (exact) mass is 242 g/mol. The molecule has 16 heavy (non-hydrogen) atoms. The van der Waals surface area contributed by atoms with E-state index in [0.717, 1.165) is 4.90 Å². The molecule has 1 aliphatic rings. The molecule has 0 aromatic heterocycles. The number of hydrogen-bond donors (Lipinski definition) is 0. The Kier molecular flexibility index (Phi) is 3.16. The van der Waals surface area contributed by atoms with E-state index in [1.807, 2.05) is 0 Å². The van der Waals surface area contributed by atoms with Crippen molar-refractivity contribution >= 4 is 17.7 Å². The molecule has 0 saturated carbocycles. The van der Waals surface area contributed by atoms with Crippen LogP contribution in [0.4, 0.5) is 4.39 Å². The fourth-order valence-corrected chi connectivity index (χ4v) is 2.59. The van der Waals surface area contributed by atoms with Gasteiger partial charge >= 0.3 is 5.97 Å². The molecule has 1 saturated heterocycles. The molecule has 0 bridgehead atoms. The van der Waals surface area contributed by atoms with Gasteiger partial charge in [0, 0.05) is 4.90 Å². The maximum Gasteiger partial charge on any atom is 0.327 e. The highest BCUT2D eigenvalue weighted by Gasteiger charge is 2.48. The minimum atomic E-state index is -0.660. The molecule has 1 aromatic rings. The van der Waals surface area contributed by atoms with E-state index in [1.54, 1.807) is 12.1 Å². The summed E-state index contributed by atoms with van der Waals surface area (Å²) in [6.45, 7) is 0.670. The van der Waals surface area contributed by atoms with E-state index < -0.39 is 4.75 Å². The third-order valence-electron chi connectivity index (χ3n) is 2.35. The van der Waals surface area contributed by atoms with Crippen molar-refractivity contribution in [2.75, 3.05) is 20.3 Å². The van der Waals surface area contributed by atoms with E-state index in [9.17, 15) is 9.18 Å². The molecule has 1 aliphatic heterocycles. The molecular weight excluding hydrogens is 231 g/mol. The summed E-state index contributed by atoms with van der Waals surface area (Å²) in [5.41, 5.74) is 0. The summed E-state index contributed by atoms with van der Waals surface area (Å²) in [6.07, 6.45) is 0. The first-order valence-corrected chi connectivity index (χ1v) is 5.59. The fourth-order valence-electron chi connectivity index (χ4n) is 1.42. The Morgan fingerprint density at radius 3 is 2.50 bits per heavy atom. The van der Waals surface area contributed by atoms with Crippen LogP contribution in [0.2, 0.25) is 0 Å². The summed E-state index contributed by atoms with van der Waals surface area (Å²) in [7, 11) is 1.35. The van der Waals surface area contributed by atoms with Gasteiger partial charge in [0.1, 0.15) is 5.82 Å². The predicted octanol–water partition coefficient (Wildman–Crippen LogP) is 1.86. The number of ether oxygens (including phenoxy) is 2. The standard InChI is InChI=1S/C11H11FO3S/c1-14-10(13)11(6-15-7-11)16-9-4-2-8(12)3-5-9/h2-5H,6-7H2,1H3. The highest BCUT2D eigenvalue weighted by atomic mass is 32.2. The van der Waals surface area contributed by atoms with E-state index in [4.69, 9.17) is 9.47 Å². The van der Waals surface area contributed by atoms with Crippen LogP contribution in [0.5, 0.6) is 0 Å². The fraction of sp³-hybridized carbons (Fsp3) is 0.364. The third kappa shape index (κ3) is 2.05.